The predicted octanol–water partition coefficient (Wildman–Crippen LogP) is 14.2. The molecule has 0 saturated carbocycles. The van der Waals surface area contributed by atoms with Gasteiger partial charge < -0.3 is 0 Å². The molecule has 65 heavy (non-hydrogen) atoms. The Bertz CT molecular complexity index is 3370. The molecule has 6 aromatic carbocycles. The van der Waals surface area contributed by atoms with Gasteiger partial charge in [-0.25, -0.2) is 0 Å². The number of aromatic nitrogens is 2. The first-order chi connectivity index (χ1) is 31.2. The van der Waals surface area contributed by atoms with Crippen molar-refractivity contribution in [1.82, 2.24) is 9.97 Å². The molecule has 2 heterocycles. The van der Waals surface area contributed by atoms with Crippen molar-refractivity contribution in [2.45, 2.75) is 86.0 Å². The maximum atomic E-state index is 4.37. The summed E-state index contributed by atoms with van der Waals surface area (Å²) < 4.78 is 0. The maximum absolute atomic E-state index is 4.37. The fourth-order valence-electron chi connectivity index (χ4n) is 10.6. The second kappa shape index (κ2) is 15.9. The number of hydrogen-bond donors (Lipinski definition) is 0. The van der Waals surface area contributed by atoms with E-state index in [4.69, 9.17) is 0 Å². The van der Waals surface area contributed by atoms with Crippen LogP contribution in [0.15, 0.2) is 146 Å². The van der Waals surface area contributed by atoms with Crippen LogP contribution in [0.4, 0.5) is 0 Å². The molecule has 8 aromatic rings. The molecule has 0 spiro atoms. The fourth-order valence-corrected chi connectivity index (χ4v) is 10.6. The molecule has 2 heteroatoms. The third-order valence-corrected chi connectivity index (χ3v) is 13.9. The first-order valence-electron chi connectivity index (χ1n) is 23.1. The minimum Gasteiger partial charge on any atom is -0.265 e. The van der Waals surface area contributed by atoms with Gasteiger partial charge in [0.2, 0.25) is 0 Å². The molecule has 1 unspecified atom stereocenters. The van der Waals surface area contributed by atoms with Crippen LogP contribution in [0, 0.1) is 34.1 Å². The number of allylic oxidation sites excluding steroid dienone is 2. The number of fused-ring (bicyclic) bond motifs is 4. The molecule has 2 aromatic heterocycles. The van der Waals surface area contributed by atoms with E-state index in [1.165, 1.54) is 93.9 Å². The summed E-state index contributed by atoms with van der Waals surface area (Å²) in [6.45, 7) is 23.0. The van der Waals surface area contributed by atoms with E-state index in [1.807, 2.05) is 24.8 Å². The largest absolute Gasteiger partial charge is 0.265 e. The average molecular weight is 842 g/mol. The van der Waals surface area contributed by atoms with Gasteiger partial charge in [0.15, 0.2) is 0 Å². The van der Waals surface area contributed by atoms with Crippen LogP contribution in [0.5, 0.6) is 0 Å². The van der Waals surface area contributed by atoms with Crippen molar-refractivity contribution in [3.8, 4) is 22.3 Å². The van der Waals surface area contributed by atoms with Crippen LogP contribution in [0.2, 0.25) is 0 Å². The minimum absolute atomic E-state index is 0.0404. The molecule has 318 valence electrons. The summed E-state index contributed by atoms with van der Waals surface area (Å²) in [6.07, 6.45) is 14.6. The van der Waals surface area contributed by atoms with Crippen molar-refractivity contribution in [2.24, 2.45) is 0 Å². The standard InChI is InChI=1S/C63H57N2/c1-38-31-46(62(5,6)7)32-39(2)58(38)60-50-17-13-11-15-48(50)56(54-35-44(19-21-52(54)60)42-23-27-64-28-24-42)37-57-49-16-12-14-18-51(49)61(59-40(3)33-47(34-41(59)4)63(8,9)10)53-22-20-45(36-55(53)57)43-25-29-65-30-26-43/h11-36,60H,1-10H3/q+1. The van der Waals surface area contributed by atoms with E-state index in [2.05, 4.69) is 219 Å². The van der Waals surface area contributed by atoms with Gasteiger partial charge in [-0.2, -0.15) is 0 Å². The van der Waals surface area contributed by atoms with Gasteiger partial charge in [0, 0.05) is 76.8 Å². The van der Waals surface area contributed by atoms with Gasteiger partial charge in [-0.05, 0) is 147 Å². The highest BCUT2D eigenvalue weighted by molar-refractivity contribution is 6.05. The highest BCUT2D eigenvalue weighted by Gasteiger charge is 2.34. The molecular formula is C63H57N2+. The first-order valence-corrected chi connectivity index (χ1v) is 23.1. The molecule has 0 N–H and O–H groups in total. The van der Waals surface area contributed by atoms with Gasteiger partial charge >= 0.3 is 0 Å². The monoisotopic (exact) mass is 841 g/mol. The van der Waals surface area contributed by atoms with Crippen LogP contribution in [0.1, 0.15) is 120 Å². The molecule has 0 amide bonds. The lowest BCUT2D eigenvalue weighted by atomic mass is 9.70. The molecule has 10 rings (SSSR count). The summed E-state index contributed by atoms with van der Waals surface area (Å²) in [5, 5.41) is 4.69. The number of pyridine rings is 2. The van der Waals surface area contributed by atoms with E-state index in [0.717, 1.165) is 33.1 Å². The number of aryl methyl sites for hydroxylation is 4. The average Bonchev–Trinajstić information content (AvgIpc) is 3.29. The molecule has 0 aliphatic heterocycles. The Kier molecular flexibility index (Phi) is 10.3. The van der Waals surface area contributed by atoms with Crippen molar-refractivity contribution in [2.75, 3.05) is 0 Å². The molecule has 2 aliphatic carbocycles. The van der Waals surface area contributed by atoms with E-state index in [9.17, 15) is 0 Å². The van der Waals surface area contributed by atoms with Crippen LogP contribution in [-0.4, -0.2) is 9.97 Å². The SMILES string of the molecule is Cc1cc(C(C)(C)C)cc(C)c1-c1c2c(c(=C=C3c4ccccc4C(c4c(C)cc(C(C)(C)C)cc4C)c4ccc(-c5ccncc5)cc43)c3ccccc13)=CC(c1ccncc1)=C[CH+]2. The Hall–Kier alpha value is -6.99. The zero-order valence-corrected chi connectivity index (χ0v) is 39.5. The summed E-state index contributed by atoms with van der Waals surface area (Å²) in [4.78, 5) is 8.75. The first kappa shape index (κ1) is 42.0. The molecule has 0 saturated heterocycles. The van der Waals surface area contributed by atoms with Gasteiger partial charge in [0.1, 0.15) is 5.56 Å². The molecule has 0 bridgehead atoms. The molecule has 2 aliphatic rings. The Labute approximate surface area is 385 Å². The zero-order chi connectivity index (χ0) is 45.4. The highest BCUT2D eigenvalue weighted by Crippen LogP contribution is 2.49. The molecular weight excluding hydrogens is 785 g/mol. The van der Waals surface area contributed by atoms with Crippen LogP contribution in [-0.2, 0) is 10.8 Å². The van der Waals surface area contributed by atoms with Gasteiger partial charge in [0.05, 0.1) is 21.6 Å². The van der Waals surface area contributed by atoms with Gasteiger partial charge in [-0.3, -0.25) is 9.97 Å². The Morgan fingerprint density at radius 2 is 1.08 bits per heavy atom. The normalized spacial score (nSPS) is 14.4. The lowest BCUT2D eigenvalue weighted by Gasteiger charge is -2.33. The lowest BCUT2D eigenvalue weighted by Crippen LogP contribution is -2.31. The molecule has 2 nitrogen and oxygen atoms in total. The predicted molar refractivity (Wildman–Crippen MR) is 274 cm³/mol. The van der Waals surface area contributed by atoms with E-state index in [-0.39, 0.29) is 16.7 Å². The quantitative estimate of drug-likeness (QED) is 0.165. The van der Waals surface area contributed by atoms with Crippen molar-refractivity contribution in [1.29, 1.82) is 0 Å². The molecule has 0 radical (unpaired) electrons. The van der Waals surface area contributed by atoms with Gasteiger partial charge in [-0.1, -0.05) is 126 Å². The van der Waals surface area contributed by atoms with E-state index in [0.29, 0.717) is 0 Å². The number of hydrogen-bond acceptors (Lipinski definition) is 2. The van der Waals surface area contributed by atoms with Crippen LogP contribution < -0.4 is 10.4 Å². The van der Waals surface area contributed by atoms with Gasteiger partial charge in [-0.15, -0.1) is 0 Å². The summed E-state index contributed by atoms with van der Waals surface area (Å²) in [6, 6.07) is 43.3. The topological polar surface area (TPSA) is 25.8 Å². The van der Waals surface area contributed by atoms with Crippen LogP contribution >= 0.6 is 0 Å². The maximum Gasteiger partial charge on any atom is 0.113 e. The molecule has 0 fully saturated rings. The lowest BCUT2D eigenvalue weighted by molar-refractivity contribution is 0.588. The number of benzene rings is 6. The molecule has 1 atom stereocenters. The number of rotatable bonds is 4. The fraction of sp³-hybridized carbons (Fsp3) is 0.206. The Balaban J connectivity index is 1.37. The van der Waals surface area contributed by atoms with E-state index < -0.39 is 0 Å². The van der Waals surface area contributed by atoms with E-state index in [1.54, 1.807) is 0 Å². The number of nitrogens with zero attached hydrogens (tertiary/aromatic N) is 2. The van der Waals surface area contributed by atoms with Crippen LogP contribution in [0.25, 0.3) is 56.0 Å². The third-order valence-electron chi connectivity index (χ3n) is 13.9. The Morgan fingerprint density at radius 3 is 1.71 bits per heavy atom. The van der Waals surface area contributed by atoms with Crippen molar-refractivity contribution < 1.29 is 0 Å². The summed E-state index contributed by atoms with van der Waals surface area (Å²) in [5.74, 6) is 0.0448. The third kappa shape index (κ3) is 7.37. The second-order valence-corrected chi connectivity index (χ2v) is 20.4. The van der Waals surface area contributed by atoms with Crippen molar-refractivity contribution in [3.63, 3.8) is 0 Å². The van der Waals surface area contributed by atoms with Gasteiger partial charge in [0.25, 0.3) is 0 Å². The zero-order valence-electron chi connectivity index (χ0n) is 39.5. The minimum atomic E-state index is 0.0404. The summed E-state index contributed by atoms with van der Waals surface area (Å²) >= 11 is 0. The van der Waals surface area contributed by atoms with Crippen molar-refractivity contribution >= 4 is 33.7 Å². The van der Waals surface area contributed by atoms with Crippen LogP contribution in [0.3, 0.4) is 0 Å². The smallest absolute Gasteiger partial charge is 0.113 e. The van der Waals surface area contributed by atoms with Crippen molar-refractivity contribution in [3.05, 3.63) is 235 Å². The second-order valence-electron chi connectivity index (χ2n) is 20.4. The highest BCUT2D eigenvalue weighted by atomic mass is 14.6. The van der Waals surface area contributed by atoms with E-state index >= 15 is 0 Å². The summed E-state index contributed by atoms with van der Waals surface area (Å²) in [5.41, 5.74) is 28.3. The Morgan fingerprint density at radius 1 is 0.523 bits per heavy atom. The summed E-state index contributed by atoms with van der Waals surface area (Å²) in [7, 11) is 0.